The summed E-state index contributed by atoms with van der Waals surface area (Å²) in [5, 5.41) is 15.1. The third kappa shape index (κ3) is 3.25. The summed E-state index contributed by atoms with van der Waals surface area (Å²) in [7, 11) is 0. The Hall–Kier alpha value is -2.94. The Morgan fingerprint density at radius 3 is 2.70 bits per heavy atom. The van der Waals surface area contributed by atoms with E-state index in [-0.39, 0.29) is 0 Å². The number of rotatable bonds is 4. The normalized spacial score (nSPS) is 10.9. The van der Waals surface area contributed by atoms with Gasteiger partial charge in [0.2, 0.25) is 0 Å². The Bertz CT molecular complexity index is 1140. The van der Waals surface area contributed by atoms with E-state index in [0.29, 0.717) is 15.8 Å². The number of carbonyl (C=O) groups excluding carboxylic acids is 1. The van der Waals surface area contributed by atoms with Crippen LogP contribution in [0.5, 0.6) is 0 Å². The minimum Gasteiger partial charge on any atom is -0.332 e. The molecule has 0 aliphatic rings. The molecule has 9 heteroatoms. The highest BCUT2D eigenvalue weighted by atomic mass is 35.5. The molecule has 4 aromatic rings. The number of fused-ring (bicyclic) bond motifs is 1. The van der Waals surface area contributed by atoms with Crippen molar-refractivity contribution in [3.63, 3.8) is 0 Å². The summed E-state index contributed by atoms with van der Waals surface area (Å²) in [5.41, 5.74) is 5.99. The Labute approximate surface area is 163 Å². The van der Waals surface area contributed by atoms with Crippen LogP contribution in [0.4, 0.5) is 10.8 Å². The fraction of sp³-hybridized carbons (Fsp3) is 0.0556. The van der Waals surface area contributed by atoms with Gasteiger partial charge in [-0.1, -0.05) is 17.7 Å². The van der Waals surface area contributed by atoms with Gasteiger partial charge in [0.15, 0.2) is 5.13 Å². The molecule has 3 aromatic heterocycles. The topological polar surface area (TPSA) is 91.5 Å². The molecular formula is C18H14ClN5O2S. The Morgan fingerprint density at radius 1 is 1.19 bits per heavy atom. The molecule has 4 rings (SSSR count). The number of amides is 1. The molecule has 136 valence electrons. The molecule has 0 saturated carbocycles. The third-order valence-corrected chi connectivity index (χ3v) is 5.07. The number of pyridine rings is 1. The summed E-state index contributed by atoms with van der Waals surface area (Å²) in [4.78, 5) is 20.6. The summed E-state index contributed by atoms with van der Waals surface area (Å²) in [6.07, 6.45) is 0. The highest BCUT2D eigenvalue weighted by Crippen LogP contribution is 2.31. The standard InChI is InChI=1S/C18H14ClN5O2S/c1-10-16(24-14(19)3-2-4-15(24)20-10)13-9-27-18(22-13)21-12-7-5-11(6-8-12)17(25)23-26/h2-9,26H,1H3,(H,21,22)(H,23,25). The van der Waals surface area contributed by atoms with Crippen molar-refractivity contribution < 1.29 is 10.0 Å². The number of aryl methyl sites for hydroxylation is 1. The lowest BCUT2D eigenvalue weighted by Gasteiger charge is -2.04. The zero-order valence-electron chi connectivity index (χ0n) is 14.1. The van der Waals surface area contributed by atoms with E-state index in [9.17, 15) is 4.79 Å². The summed E-state index contributed by atoms with van der Waals surface area (Å²) >= 11 is 7.80. The molecule has 3 heterocycles. The van der Waals surface area contributed by atoms with Crippen LogP contribution in [-0.4, -0.2) is 25.5 Å². The monoisotopic (exact) mass is 399 g/mol. The molecule has 3 N–H and O–H groups in total. The maximum atomic E-state index is 11.4. The maximum absolute atomic E-state index is 11.4. The zero-order valence-corrected chi connectivity index (χ0v) is 15.7. The number of nitrogens with zero attached hydrogens (tertiary/aromatic N) is 3. The van der Waals surface area contributed by atoms with Crippen LogP contribution in [0.25, 0.3) is 17.0 Å². The van der Waals surface area contributed by atoms with Gasteiger partial charge in [-0.3, -0.25) is 14.4 Å². The molecule has 1 aromatic carbocycles. The van der Waals surface area contributed by atoms with Gasteiger partial charge in [-0.15, -0.1) is 11.3 Å². The van der Waals surface area contributed by atoms with Crippen molar-refractivity contribution in [2.45, 2.75) is 6.92 Å². The van der Waals surface area contributed by atoms with E-state index in [4.69, 9.17) is 16.8 Å². The van der Waals surface area contributed by atoms with Crippen molar-refractivity contribution in [3.8, 4) is 11.4 Å². The number of nitrogens with one attached hydrogen (secondary N) is 2. The smallest absolute Gasteiger partial charge is 0.274 e. The van der Waals surface area contributed by atoms with Crippen LogP contribution in [0.1, 0.15) is 16.1 Å². The predicted octanol–water partition coefficient (Wildman–Crippen LogP) is 4.28. The fourth-order valence-corrected chi connectivity index (χ4v) is 3.76. The van der Waals surface area contributed by atoms with E-state index in [1.54, 1.807) is 29.7 Å². The number of hydroxylamine groups is 1. The molecule has 1 amide bonds. The molecule has 0 fully saturated rings. The summed E-state index contributed by atoms with van der Waals surface area (Å²) in [5.74, 6) is -0.557. The second kappa shape index (κ2) is 6.99. The van der Waals surface area contributed by atoms with Crippen molar-refractivity contribution in [1.82, 2.24) is 19.8 Å². The molecule has 0 spiro atoms. The summed E-state index contributed by atoms with van der Waals surface area (Å²) in [6.45, 7) is 1.93. The molecule has 0 aliphatic carbocycles. The number of hydrogen-bond acceptors (Lipinski definition) is 6. The van der Waals surface area contributed by atoms with Crippen LogP contribution >= 0.6 is 22.9 Å². The second-order valence-corrected chi connectivity index (χ2v) is 7.01. The van der Waals surface area contributed by atoms with E-state index in [0.717, 1.165) is 28.4 Å². The van der Waals surface area contributed by atoms with Gasteiger partial charge >= 0.3 is 0 Å². The molecular weight excluding hydrogens is 386 g/mol. The lowest BCUT2D eigenvalue weighted by molar-refractivity contribution is 0.0706. The first kappa shape index (κ1) is 17.5. The van der Waals surface area contributed by atoms with Gasteiger partial charge < -0.3 is 5.32 Å². The molecule has 0 unspecified atom stereocenters. The molecule has 0 saturated heterocycles. The van der Waals surface area contributed by atoms with Crippen molar-refractivity contribution in [2.75, 3.05) is 5.32 Å². The Morgan fingerprint density at radius 2 is 1.96 bits per heavy atom. The van der Waals surface area contributed by atoms with Crippen LogP contribution < -0.4 is 10.8 Å². The minimum absolute atomic E-state index is 0.360. The van der Waals surface area contributed by atoms with Gasteiger partial charge in [-0.2, -0.15) is 0 Å². The molecule has 0 aliphatic heterocycles. The van der Waals surface area contributed by atoms with E-state index in [1.165, 1.54) is 11.3 Å². The molecule has 0 atom stereocenters. The maximum Gasteiger partial charge on any atom is 0.274 e. The lowest BCUT2D eigenvalue weighted by Crippen LogP contribution is -2.18. The van der Waals surface area contributed by atoms with Crippen LogP contribution in [0.2, 0.25) is 5.15 Å². The number of hydrogen-bond donors (Lipinski definition) is 3. The van der Waals surface area contributed by atoms with Crippen molar-refractivity contribution in [3.05, 3.63) is 64.3 Å². The zero-order chi connectivity index (χ0) is 19.0. The molecule has 7 nitrogen and oxygen atoms in total. The largest absolute Gasteiger partial charge is 0.332 e. The van der Waals surface area contributed by atoms with E-state index in [1.807, 2.05) is 34.9 Å². The van der Waals surface area contributed by atoms with E-state index in [2.05, 4.69) is 15.3 Å². The van der Waals surface area contributed by atoms with Gasteiger partial charge in [0, 0.05) is 16.6 Å². The third-order valence-electron chi connectivity index (χ3n) is 4.02. The predicted molar refractivity (Wildman–Crippen MR) is 105 cm³/mol. The lowest BCUT2D eigenvalue weighted by atomic mass is 10.2. The first-order valence-electron chi connectivity index (χ1n) is 7.98. The summed E-state index contributed by atoms with van der Waals surface area (Å²) < 4.78 is 1.87. The molecule has 0 bridgehead atoms. The van der Waals surface area contributed by atoms with Crippen LogP contribution in [0.3, 0.4) is 0 Å². The van der Waals surface area contributed by atoms with E-state index < -0.39 is 5.91 Å². The number of thiazole rings is 1. The number of carbonyl (C=O) groups is 1. The number of anilines is 2. The highest BCUT2D eigenvalue weighted by molar-refractivity contribution is 7.14. The van der Waals surface area contributed by atoms with Gasteiger partial charge in [0.05, 0.1) is 11.4 Å². The SMILES string of the molecule is Cc1nc2cccc(Cl)n2c1-c1csc(Nc2ccc(C(=O)NO)cc2)n1. The van der Waals surface area contributed by atoms with Gasteiger partial charge in [-0.25, -0.2) is 15.4 Å². The van der Waals surface area contributed by atoms with Crippen LogP contribution in [-0.2, 0) is 0 Å². The van der Waals surface area contributed by atoms with Gasteiger partial charge in [0.1, 0.15) is 16.5 Å². The minimum atomic E-state index is -0.557. The Balaban J connectivity index is 1.63. The quantitative estimate of drug-likeness (QED) is 0.270. The number of benzene rings is 1. The molecule has 0 radical (unpaired) electrons. The number of aromatic nitrogens is 3. The first-order valence-corrected chi connectivity index (χ1v) is 9.23. The molecule has 27 heavy (non-hydrogen) atoms. The fourth-order valence-electron chi connectivity index (χ4n) is 2.80. The number of halogens is 1. The van der Waals surface area contributed by atoms with E-state index >= 15 is 0 Å². The average molecular weight is 400 g/mol. The van der Waals surface area contributed by atoms with Crippen molar-refractivity contribution in [1.29, 1.82) is 0 Å². The highest BCUT2D eigenvalue weighted by Gasteiger charge is 2.16. The van der Waals surface area contributed by atoms with Crippen molar-refractivity contribution >= 4 is 45.3 Å². The van der Waals surface area contributed by atoms with Crippen LogP contribution in [0.15, 0.2) is 47.8 Å². The second-order valence-electron chi connectivity index (χ2n) is 5.77. The van der Waals surface area contributed by atoms with Gasteiger partial charge in [-0.05, 0) is 43.3 Å². The first-order chi connectivity index (χ1) is 13.1. The average Bonchev–Trinajstić information content (AvgIpc) is 3.25. The van der Waals surface area contributed by atoms with Crippen LogP contribution in [0, 0.1) is 6.92 Å². The summed E-state index contributed by atoms with van der Waals surface area (Å²) in [6, 6.07) is 12.3. The Kier molecular flexibility index (Phi) is 4.53. The number of imidazole rings is 1. The van der Waals surface area contributed by atoms with Gasteiger partial charge in [0.25, 0.3) is 5.91 Å². The van der Waals surface area contributed by atoms with Crippen molar-refractivity contribution in [2.24, 2.45) is 0 Å².